The van der Waals surface area contributed by atoms with Crippen LogP contribution in [-0.4, -0.2) is 51.9 Å². The lowest BCUT2D eigenvalue weighted by Gasteiger charge is -2.33. The van der Waals surface area contributed by atoms with Crippen molar-refractivity contribution in [3.05, 3.63) is 48.4 Å². The Kier molecular flexibility index (Phi) is 4.65. The number of aromatic nitrogens is 2. The van der Waals surface area contributed by atoms with Crippen LogP contribution in [-0.2, 0) is 11.3 Å². The van der Waals surface area contributed by atoms with E-state index in [2.05, 4.69) is 20.9 Å². The van der Waals surface area contributed by atoms with Gasteiger partial charge in [-0.15, -0.1) is 0 Å². The number of piperazine rings is 1. The van der Waals surface area contributed by atoms with Gasteiger partial charge in [-0.2, -0.15) is 4.98 Å². The van der Waals surface area contributed by atoms with Gasteiger partial charge in [-0.25, -0.2) is 4.98 Å². The van der Waals surface area contributed by atoms with Gasteiger partial charge in [0.25, 0.3) is 5.19 Å². The van der Waals surface area contributed by atoms with Crippen LogP contribution in [0.5, 0.6) is 10.9 Å². The van der Waals surface area contributed by atoms with Crippen LogP contribution < -0.4 is 4.74 Å². The van der Waals surface area contributed by atoms with E-state index in [1.807, 2.05) is 35.2 Å². The zero-order valence-corrected chi connectivity index (χ0v) is 16.8. The van der Waals surface area contributed by atoms with E-state index in [1.54, 1.807) is 13.1 Å². The monoisotopic (exact) mass is 408 g/mol. The Morgan fingerprint density at radius 3 is 2.86 bits per heavy atom. The van der Waals surface area contributed by atoms with Gasteiger partial charge in [-0.3, -0.25) is 9.69 Å². The molecule has 1 aliphatic heterocycles. The number of nitrogens with zero attached hydrogens (tertiary/aromatic N) is 4. The minimum Gasteiger partial charge on any atom is -0.460 e. The molecule has 1 saturated heterocycles. The number of benzene rings is 1. The third kappa shape index (κ3) is 3.81. The molecule has 0 N–H and O–H groups in total. The first kappa shape index (κ1) is 18.1. The summed E-state index contributed by atoms with van der Waals surface area (Å²) in [7, 11) is 0. The number of carbonyl (C=O) groups excluding carboxylic acids is 1. The number of pyridine rings is 1. The molecule has 0 atom stereocenters. The molecule has 5 rings (SSSR count). The second-order valence-corrected chi connectivity index (χ2v) is 8.09. The standard InChI is InChI=1S/C21H20N4O3S/c1-14(26)25-9-7-24(8-10-25)13-17-12-15-11-16(4-5-18(15)27-17)28-21-23-20-19(29-21)3-2-6-22-20/h2-6,11-12H,7-10,13H2,1H3. The van der Waals surface area contributed by atoms with Crippen molar-refractivity contribution in [3.63, 3.8) is 0 Å². The maximum absolute atomic E-state index is 11.5. The first-order valence-electron chi connectivity index (χ1n) is 9.54. The van der Waals surface area contributed by atoms with Crippen LogP contribution >= 0.6 is 11.3 Å². The topological polar surface area (TPSA) is 71.7 Å². The zero-order valence-electron chi connectivity index (χ0n) is 16.0. The van der Waals surface area contributed by atoms with Gasteiger partial charge in [-0.1, -0.05) is 11.3 Å². The molecule has 0 spiro atoms. The molecule has 4 heterocycles. The Hall–Kier alpha value is -2.97. The van der Waals surface area contributed by atoms with Crippen molar-refractivity contribution in [1.29, 1.82) is 0 Å². The van der Waals surface area contributed by atoms with E-state index < -0.39 is 0 Å². The molecule has 0 unspecified atom stereocenters. The zero-order chi connectivity index (χ0) is 19.8. The Morgan fingerprint density at radius 2 is 2.07 bits per heavy atom. The summed E-state index contributed by atoms with van der Waals surface area (Å²) in [6, 6.07) is 11.7. The maximum Gasteiger partial charge on any atom is 0.281 e. The molecule has 148 valence electrons. The van der Waals surface area contributed by atoms with Gasteiger partial charge in [0.05, 0.1) is 11.2 Å². The first-order valence-corrected chi connectivity index (χ1v) is 10.4. The van der Waals surface area contributed by atoms with E-state index in [9.17, 15) is 4.79 Å². The third-order valence-corrected chi connectivity index (χ3v) is 5.97. The quantitative estimate of drug-likeness (QED) is 0.510. The van der Waals surface area contributed by atoms with E-state index in [0.29, 0.717) is 10.8 Å². The smallest absolute Gasteiger partial charge is 0.281 e. The van der Waals surface area contributed by atoms with Crippen LogP contribution in [0.4, 0.5) is 0 Å². The van der Waals surface area contributed by atoms with Gasteiger partial charge in [0, 0.05) is 44.7 Å². The number of amides is 1. The minimum absolute atomic E-state index is 0.143. The molecule has 1 aromatic carbocycles. The number of carbonyl (C=O) groups is 1. The van der Waals surface area contributed by atoms with Crippen LogP contribution in [0.3, 0.4) is 0 Å². The SMILES string of the molecule is CC(=O)N1CCN(Cc2cc3cc(Oc4nc5ncccc5s4)ccc3o2)CC1. The fourth-order valence-corrected chi connectivity index (χ4v) is 4.35. The van der Waals surface area contributed by atoms with E-state index >= 15 is 0 Å². The summed E-state index contributed by atoms with van der Waals surface area (Å²) in [5.74, 6) is 1.78. The fourth-order valence-electron chi connectivity index (χ4n) is 3.55. The predicted molar refractivity (Wildman–Crippen MR) is 111 cm³/mol. The van der Waals surface area contributed by atoms with Crippen molar-refractivity contribution < 1.29 is 13.9 Å². The van der Waals surface area contributed by atoms with Crippen molar-refractivity contribution >= 4 is 38.6 Å². The van der Waals surface area contributed by atoms with Crippen LogP contribution in [0, 0.1) is 0 Å². The van der Waals surface area contributed by atoms with Gasteiger partial charge in [0.2, 0.25) is 5.91 Å². The molecule has 8 heteroatoms. The Labute approximate surface area is 171 Å². The fraction of sp³-hybridized carbons (Fsp3) is 0.286. The molecule has 1 aliphatic rings. The highest BCUT2D eigenvalue weighted by molar-refractivity contribution is 7.20. The van der Waals surface area contributed by atoms with E-state index in [4.69, 9.17) is 9.15 Å². The number of furan rings is 1. The summed E-state index contributed by atoms with van der Waals surface area (Å²) in [6.45, 7) is 5.61. The van der Waals surface area contributed by atoms with Crippen LogP contribution in [0.2, 0.25) is 0 Å². The van der Waals surface area contributed by atoms with Crippen LogP contribution in [0.25, 0.3) is 21.3 Å². The molecule has 29 heavy (non-hydrogen) atoms. The number of rotatable bonds is 4. The van der Waals surface area contributed by atoms with Crippen molar-refractivity contribution in [3.8, 4) is 10.9 Å². The molecule has 1 amide bonds. The van der Waals surface area contributed by atoms with E-state index in [-0.39, 0.29) is 5.91 Å². The van der Waals surface area contributed by atoms with Gasteiger partial charge in [0.15, 0.2) is 5.65 Å². The average molecular weight is 408 g/mol. The highest BCUT2D eigenvalue weighted by Crippen LogP contribution is 2.32. The maximum atomic E-state index is 11.5. The van der Waals surface area contributed by atoms with Gasteiger partial charge >= 0.3 is 0 Å². The highest BCUT2D eigenvalue weighted by atomic mass is 32.1. The predicted octanol–water partition coefficient (Wildman–Crippen LogP) is 3.89. The Bertz CT molecular complexity index is 1140. The van der Waals surface area contributed by atoms with E-state index in [1.165, 1.54) is 11.3 Å². The number of fused-ring (bicyclic) bond motifs is 2. The molecular weight excluding hydrogens is 388 g/mol. The van der Waals surface area contributed by atoms with Crippen molar-refractivity contribution in [1.82, 2.24) is 19.8 Å². The number of hydrogen-bond acceptors (Lipinski definition) is 7. The summed E-state index contributed by atoms with van der Waals surface area (Å²) in [5, 5.41) is 1.57. The lowest BCUT2D eigenvalue weighted by Crippen LogP contribution is -2.47. The highest BCUT2D eigenvalue weighted by Gasteiger charge is 2.19. The summed E-state index contributed by atoms with van der Waals surface area (Å²) in [5.41, 5.74) is 1.53. The number of thiazole rings is 1. The average Bonchev–Trinajstić information content (AvgIpc) is 3.30. The summed E-state index contributed by atoms with van der Waals surface area (Å²) in [4.78, 5) is 24.3. The van der Waals surface area contributed by atoms with Gasteiger partial charge < -0.3 is 14.1 Å². The second kappa shape index (κ2) is 7.46. The summed E-state index contributed by atoms with van der Waals surface area (Å²) in [6.07, 6.45) is 1.73. The summed E-state index contributed by atoms with van der Waals surface area (Å²) < 4.78 is 12.9. The molecule has 7 nitrogen and oxygen atoms in total. The molecule has 4 aromatic rings. The molecule has 0 bridgehead atoms. The molecule has 0 radical (unpaired) electrons. The van der Waals surface area contributed by atoms with Crippen molar-refractivity contribution in [2.45, 2.75) is 13.5 Å². The minimum atomic E-state index is 0.143. The van der Waals surface area contributed by atoms with Gasteiger partial charge in [0.1, 0.15) is 17.1 Å². The van der Waals surface area contributed by atoms with Crippen molar-refractivity contribution in [2.24, 2.45) is 0 Å². The Morgan fingerprint density at radius 1 is 1.21 bits per heavy atom. The molecule has 3 aromatic heterocycles. The van der Waals surface area contributed by atoms with Gasteiger partial charge in [-0.05, 0) is 36.4 Å². The van der Waals surface area contributed by atoms with Crippen LogP contribution in [0.15, 0.2) is 47.0 Å². The normalized spacial score (nSPS) is 15.3. The second-order valence-electron chi connectivity index (χ2n) is 7.10. The molecule has 0 aliphatic carbocycles. The largest absolute Gasteiger partial charge is 0.460 e. The lowest BCUT2D eigenvalue weighted by atomic mass is 10.2. The molecular formula is C21H20N4O3S. The number of hydrogen-bond donors (Lipinski definition) is 0. The van der Waals surface area contributed by atoms with Crippen LogP contribution in [0.1, 0.15) is 12.7 Å². The molecule has 0 saturated carbocycles. The number of ether oxygens (including phenoxy) is 1. The Balaban J connectivity index is 1.29. The lowest BCUT2D eigenvalue weighted by molar-refractivity contribution is -0.130. The third-order valence-electron chi connectivity index (χ3n) is 5.09. The summed E-state index contributed by atoms with van der Waals surface area (Å²) >= 11 is 1.47. The molecule has 1 fully saturated rings. The van der Waals surface area contributed by atoms with Crippen molar-refractivity contribution in [2.75, 3.05) is 26.2 Å². The van der Waals surface area contributed by atoms with E-state index in [0.717, 1.165) is 59.9 Å². The first-order chi connectivity index (χ1) is 14.1.